The van der Waals surface area contributed by atoms with Gasteiger partial charge in [-0.2, -0.15) is 0 Å². The van der Waals surface area contributed by atoms with Crippen molar-refractivity contribution in [1.82, 2.24) is 0 Å². The molecule has 0 aliphatic heterocycles. The largest absolute Gasteiger partial charge is 0.253 e. The summed E-state index contributed by atoms with van der Waals surface area (Å²) in [6.45, 7) is 13.6. The Labute approximate surface area is 158 Å². The van der Waals surface area contributed by atoms with Gasteiger partial charge in [0.05, 0.1) is 0 Å². The summed E-state index contributed by atoms with van der Waals surface area (Å²) in [4.78, 5) is 3.94. The molecule has 0 aromatic heterocycles. The van der Waals surface area contributed by atoms with E-state index in [1.54, 1.807) is 0 Å². The summed E-state index contributed by atoms with van der Waals surface area (Å²) >= 11 is 0. The minimum atomic E-state index is -1.86. The number of nitrogens with zero attached hydrogens (tertiary/aromatic N) is 1. The molecule has 0 fully saturated rings. The second-order valence-electron chi connectivity index (χ2n) is 8.83. The zero-order chi connectivity index (χ0) is 20.7. The van der Waals surface area contributed by atoms with E-state index < -0.39 is 29.0 Å². The molecule has 0 spiro atoms. The van der Waals surface area contributed by atoms with E-state index in [1.165, 1.54) is 13.1 Å². The van der Waals surface area contributed by atoms with Crippen LogP contribution in [0.3, 0.4) is 0 Å². The second-order valence-corrected chi connectivity index (χ2v) is 8.83. The maximum atomic E-state index is 14.0. The SMILES string of the molecule is Cc1c(F)c(F)c(F)c(F)c1N=Cc1cc(C(C)(C)C)cc(C(C)(C)C)c1. The molecule has 146 valence electrons. The van der Waals surface area contributed by atoms with Crippen molar-refractivity contribution in [3.8, 4) is 0 Å². The fourth-order valence-electron chi connectivity index (χ4n) is 2.61. The number of hydrogen-bond donors (Lipinski definition) is 0. The van der Waals surface area contributed by atoms with Crippen molar-refractivity contribution in [2.45, 2.75) is 59.3 Å². The fourth-order valence-corrected chi connectivity index (χ4v) is 2.61. The number of aliphatic imine (C=N–C) groups is 1. The highest BCUT2D eigenvalue weighted by molar-refractivity contribution is 5.83. The molecule has 27 heavy (non-hydrogen) atoms. The van der Waals surface area contributed by atoms with Gasteiger partial charge < -0.3 is 0 Å². The maximum Gasteiger partial charge on any atom is 0.199 e. The quantitative estimate of drug-likeness (QED) is 0.233. The molecule has 0 unspecified atom stereocenters. The number of halogens is 4. The van der Waals surface area contributed by atoms with Gasteiger partial charge in [0.2, 0.25) is 0 Å². The summed E-state index contributed by atoms with van der Waals surface area (Å²) in [5, 5.41) is 0. The van der Waals surface area contributed by atoms with Crippen LogP contribution in [0.15, 0.2) is 23.2 Å². The Morgan fingerprint density at radius 1 is 0.704 bits per heavy atom. The van der Waals surface area contributed by atoms with Crippen LogP contribution in [0.25, 0.3) is 0 Å². The van der Waals surface area contributed by atoms with E-state index >= 15 is 0 Å². The number of benzene rings is 2. The van der Waals surface area contributed by atoms with Crippen LogP contribution in [0.1, 0.15) is 63.8 Å². The smallest absolute Gasteiger partial charge is 0.199 e. The van der Waals surface area contributed by atoms with Gasteiger partial charge in [0.25, 0.3) is 0 Å². The summed E-state index contributed by atoms with van der Waals surface area (Å²) in [6.07, 6.45) is 1.35. The van der Waals surface area contributed by atoms with Crippen molar-refractivity contribution in [3.05, 3.63) is 63.7 Å². The first-order valence-electron chi connectivity index (χ1n) is 8.76. The second kappa shape index (κ2) is 7.10. The summed E-state index contributed by atoms with van der Waals surface area (Å²) in [7, 11) is 0. The average Bonchev–Trinajstić information content (AvgIpc) is 2.56. The topological polar surface area (TPSA) is 12.4 Å². The third kappa shape index (κ3) is 4.40. The first-order chi connectivity index (χ1) is 12.2. The van der Waals surface area contributed by atoms with Gasteiger partial charge >= 0.3 is 0 Å². The summed E-state index contributed by atoms with van der Waals surface area (Å²) in [5.74, 6) is -6.61. The zero-order valence-electron chi connectivity index (χ0n) is 16.8. The van der Waals surface area contributed by atoms with Crippen molar-refractivity contribution in [2.24, 2.45) is 4.99 Å². The van der Waals surface area contributed by atoms with Crippen LogP contribution >= 0.6 is 0 Å². The molecule has 5 heteroatoms. The van der Waals surface area contributed by atoms with Crippen LogP contribution in [-0.2, 0) is 10.8 Å². The molecule has 0 N–H and O–H groups in total. The fraction of sp³-hybridized carbons (Fsp3) is 0.409. The summed E-state index contributed by atoms with van der Waals surface area (Å²) < 4.78 is 54.6. The number of rotatable bonds is 2. The van der Waals surface area contributed by atoms with Gasteiger partial charge in [-0.1, -0.05) is 47.6 Å². The lowest BCUT2D eigenvalue weighted by atomic mass is 9.79. The average molecular weight is 379 g/mol. The van der Waals surface area contributed by atoms with Gasteiger partial charge in [-0.15, -0.1) is 0 Å². The van der Waals surface area contributed by atoms with Crippen molar-refractivity contribution >= 4 is 11.9 Å². The van der Waals surface area contributed by atoms with Crippen molar-refractivity contribution in [1.29, 1.82) is 0 Å². The highest BCUT2D eigenvalue weighted by atomic mass is 19.2. The third-order valence-corrected chi connectivity index (χ3v) is 4.50. The Morgan fingerprint density at radius 2 is 1.15 bits per heavy atom. The zero-order valence-corrected chi connectivity index (χ0v) is 16.8. The van der Waals surface area contributed by atoms with Gasteiger partial charge in [0.15, 0.2) is 23.3 Å². The van der Waals surface area contributed by atoms with Crippen LogP contribution in [0.2, 0.25) is 0 Å². The molecule has 2 aromatic carbocycles. The van der Waals surface area contributed by atoms with Gasteiger partial charge in [0.1, 0.15) is 5.69 Å². The first-order valence-corrected chi connectivity index (χ1v) is 8.76. The maximum absolute atomic E-state index is 14.0. The molecule has 2 rings (SSSR count). The van der Waals surface area contributed by atoms with E-state index in [0.29, 0.717) is 5.56 Å². The number of hydrogen-bond acceptors (Lipinski definition) is 1. The molecule has 0 aliphatic rings. The van der Waals surface area contributed by atoms with Crippen LogP contribution in [0, 0.1) is 30.2 Å². The molecule has 2 aromatic rings. The monoisotopic (exact) mass is 379 g/mol. The van der Waals surface area contributed by atoms with Crippen molar-refractivity contribution in [3.63, 3.8) is 0 Å². The lowest BCUT2D eigenvalue weighted by Crippen LogP contribution is -2.17. The predicted molar refractivity (Wildman–Crippen MR) is 102 cm³/mol. The molecule has 0 heterocycles. The van der Waals surface area contributed by atoms with E-state index in [-0.39, 0.29) is 16.4 Å². The van der Waals surface area contributed by atoms with Crippen LogP contribution in [-0.4, -0.2) is 6.21 Å². The Kier molecular flexibility index (Phi) is 5.56. The van der Waals surface area contributed by atoms with Gasteiger partial charge in [-0.3, -0.25) is 4.99 Å². The van der Waals surface area contributed by atoms with Crippen LogP contribution in [0.5, 0.6) is 0 Å². The standard InChI is InChI=1S/C22H25F4N/c1-12-16(23)17(24)18(25)19(26)20(12)27-11-13-8-14(21(2,3)4)10-15(9-13)22(5,6)7/h8-11H,1-7H3. The van der Waals surface area contributed by atoms with E-state index in [0.717, 1.165) is 11.1 Å². The van der Waals surface area contributed by atoms with Gasteiger partial charge in [-0.25, -0.2) is 17.6 Å². The Bertz CT molecular complexity index is 839. The third-order valence-electron chi connectivity index (χ3n) is 4.50. The Hall–Kier alpha value is -2.17. The molecule has 1 nitrogen and oxygen atoms in total. The van der Waals surface area contributed by atoms with Crippen molar-refractivity contribution in [2.75, 3.05) is 0 Å². The van der Waals surface area contributed by atoms with Gasteiger partial charge in [0, 0.05) is 11.8 Å². The minimum Gasteiger partial charge on any atom is -0.253 e. The Morgan fingerprint density at radius 3 is 1.59 bits per heavy atom. The molecular weight excluding hydrogens is 354 g/mol. The lowest BCUT2D eigenvalue weighted by molar-refractivity contribution is 0.407. The molecule has 0 aliphatic carbocycles. The predicted octanol–water partition coefficient (Wildman–Crippen LogP) is 6.90. The van der Waals surface area contributed by atoms with E-state index in [2.05, 4.69) is 52.6 Å². The lowest BCUT2D eigenvalue weighted by Gasteiger charge is -2.25. The van der Waals surface area contributed by atoms with Gasteiger partial charge in [-0.05, 0) is 46.6 Å². The van der Waals surface area contributed by atoms with Crippen LogP contribution < -0.4 is 0 Å². The molecule has 0 bridgehead atoms. The summed E-state index contributed by atoms with van der Waals surface area (Å²) in [6, 6.07) is 5.92. The molecule has 0 saturated heterocycles. The highest BCUT2D eigenvalue weighted by Crippen LogP contribution is 2.32. The van der Waals surface area contributed by atoms with Crippen LogP contribution in [0.4, 0.5) is 23.2 Å². The molecular formula is C22H25F4N. The van der Waals surface area contributed by atoms with E-state index in [4.69, 9.17) is 0 Å². The summed E-state index contributed by atoms with van der Waals surface area (Å²) in [5.41, 5.74) is 1.64. The van der Waals surface area contributed by atoms with E-state index in [1.807, 2.05) is 12.1 Å². The van der Waals surface area contributed by atoms with Crippen molar-refractivity contribution < 1.29 is 17.6 Å². The molecule has 0 saturated carbocycles. The molecule has 0 amide bonds. The molecule has 0 radical (unpaired) electrons. The Balaban J connectivity index is 2.61. The minimum absolute atomic E-state index is 0.126. The van der Waals surface area contributed by atoms with E-state index in [9.17, 15) is 17.6 Å². The highest BCUT2D eigenvalue weighted by Gasteiger charge is 2.23. The normalized spacial score (nSPS) is 12.9. The molecule has 0 atom stereocenters. The first kappa shape index (κ1) is 21.1.